The molecule has 1 nitrogen and oxygen atoms in total. The first-order chi connectivity index (χ1) is 6.09. The lowest BCUT2D eigenvalue weighted by molar-refractivity contribution is 0.997. The zero-order chi connectivity index (χ0) is 9.59. The minimum absolute atomic E-state index is 0.612. The third-order valence-corrected chi connectivity index (χ3v) is 2.88. The summed E-state index contributed by atoms with van der Waals surface area (Å²) in [7, 11) is 0. The van der Waals surface area contributed by atoms with Crippen LogP contribution in [-0.2, 0) is 0 Å². The molecule has 2 rings (SSSR count). The zero-order valence-electron chi connectivity index (χ0n) is 8.81. The summed E-state index contributed by atoms with van der Waals surface area (Å²) < 4.78 is 0. The van der Waals surface area contributed by atoms with E-state index in [0.29, 0.717) is 12.1 Å². The monoisotopic (exact) mass is 175 g/mol. The van der Waals surface area contributed by atoms with Crippen molar-refractivity contribution in [2.75, 3.05) is 0 Å². The molecule has 1 aliphatic rings. The van der Waals surface area contributed by atoms with Gasteiger partial charge in [-0.25, -0.2) is 0 Å². The van der Waals surface area contributed by atoms with E-state index in [0.717, 1.165) is 0 Å². The van der Waals surface area contributed by atoms with Gasteiger partial charge < -0.3 is 5.32 Å². The Morgan fingerprint density at radius 3 is 1.92 bits per heavy atom. The Morgan fingerprint density at radius 2 is 1.54 bits per heavy atom. The van der Waals surface area contributed by atoms with Gasteiger partial charge in [-0.3, -0.25) is 0 Å². The van der Waals surface area contributed by atoms with Crippen molar-refractivity contribution < 1.29 is 0 Å². The summed E-state index contributed by atoms with van der Waals surface area (Å²) in [5.74, 6) is 0. The van der Waals surface area contributed by atoms with Crippen molar-refractivity contribution in [1.29, 1.82) is 0 Å². The van der Waals surface area contributed by atoms with Crippen molar-refractivity contribution in [3.05, 3.63) is 34.4 Å². The molecule has 0 saturated carbocycles. The van der Waals surface area contributed by atoms with Crippen molar-refractivity contribution >= 4 is 0 Å². The molecule has 1 heteroatoms. The molecule has 13 heavy (non-hydrogen) atoms. The number of hydrogen-bond donors (Lipinski definition) is 1. The van der Waals surface area contributed by atoms with E-state index in [4.69, 9.17) is 0 Å². The lowest BCUT2D eigenvalue weighted by atomic mass is 9.96. The van der Waals surface area contributed by atoms with Crippen LogP contribution in [0, 0.1) is 20.8 Å². The Hall–Kier alpha value is -0.820. The Labute approximate surface area is 80.2 Å². The Kier molecular flexibility index (Phi) is 1.92. The molecular weight excluding hydrogens is 158 g/mol. The van der Waals surface area contributed by atoms with E-state index in [9.17, 15) is 0 Å². The molecule has 0 spiro atoms. The summed E-state index contributed by atoms with van der Waals surface area (Å²) in [6.07, 6.45) is 0. The van der Waals surface area contributed by atoms with E-state index in [1.165, 1.54) is 22.3 Å². The molecule has 1 aliphatic heterocycles. The van der Waals surface area contributed by atoms with Crippen molar-refractivity contribution in [2.24, 2.45) is 0 Å². The minimum atomic E-state index is 0.612. The molecule has 0 aliphatic carbocycles. The quantitative estimate of drug-likeness (QED) is 0.651. The zero-order valence-corrected chi connectivity index (χ0v) is 8.81. The van der Waals surface area contributed by atoms with E-state index in [-0.39, 0.29) is 0 Å². The summed E-state index contributed by atoms with van der Waals surface area (Å²) in [6.45, 7) is 8.82. The largest absolute Gasteiger partial charge is 0.304 e. The summed E-state index contributed by atoms with van der Waals surface area (Å²) in [4.78, 5) is 0. The maximum atomic E-state index is 3.45. The van der Waals surface area contributed by atoms with Gasteiger partial charge in [0.1, 0.15) is 0 Å². The van der Waals surface area contributed by atoms with Crippen molar-refractivity contribution in [2.45, 2.75) is 39.8 Å². The Morgan fingerprint density at radius 1 is 1.08 bits per heavy atom. The molecule has 70 valence electrons. The maximum absolute atomic E-state index is 3.45. The molecule has 0 radical (unpaired) electrons. The Bertz CT molecular complexity index is 318. The molecule has 2 atom stereocenters. The fourth-order valence-electron chi connectivity index (χ4n) is 2.24. The highest BCUT2D eigenvalue weighted by molar-refractivity contribution is 5.42. The second-order valence-corrected chi connectivity index (χ2v) is 4.25. The fraction of sp³-hybridized carbons (Fsp3) is 0.500. The van der Waals surface area contributed by atoms with Crippen LogP contribution in [0.25, 0.3) is 0 Å². The van der Waals surface area contributed by atoms with Gasteiger partial charge in [-0.2, -0.15) is 0 Å². The second-order valence-electron chi connectivity index (χ2n) is 4.25. The summed E-state index contributed by atoms with van der Waals surface area (Å²) in [5.41, 5.74) is 5.74. The first-order valence-corrected chi connectivity index (χ1v) is 4.93. The molecule has 1 heterocycles. The predicted molar refractivity (Wildman–Crippen MR) is 56.0 cm³/mol. The number of nitrogens with one attached hydrogen (secondary N) is 1. The summed E-state index contributed by atoms with van der Waals surface area (Å²) >= 11 is 0. The molecule has 1 saturated heterocycles. The third kappa shape index (κ3) is 1.49. The molecular formula is C12H17N. The van der Waals surface area contributed by atoms with E-state index >= 15 is 0 Å². The fourth-order valence-corrected chi connectivity index (χ4v) is 2.24. The lowest BCUT2D eigenvalue weighted by Crippen LogP contribution is -1.95. The van der Waals surface area contributed by atoms with Gasteiger partial charge in [0.2, 0.25) is 0 Å². The van der Waals surface area contributed by atoms with Crippen LogP contribution in [0.1, 0.15) is 35.2 Å². The van der Waals surface area contributed by atoms with Gasteiger partial charge in [0.05, 0.1) is 0 Å². The molecule has 0 bridgehead atoms. The van der Waals surface area contributed by atoms with Gasteiger partial charge in [-0.05, 0) is 44.4 Å². The van der Waals surface area contributed by atoms with Crippen LogP contribution in [0.5, 0.6) is 0 Å². The number of rotatable bonds is 1. The van der Waals surface area contributed by atoms with Crippen LogP contribution >= 0.6 is 0 Å². The molecule has 1 N–H and O–H groups in total. The number of benzene rings is 1. The van der Waals surface area contributed by atoms with Crippen molar-refractivity contribution in [3.8, 4) is 0 Å². The third-order valence-electron chi connectivity index (χ3n) is 2.88. The highest BCUT2D eigenvalue weighted by Gasteiger charge is 2.34. The van der Waals surface area contributed by atoms with Gasteiger partial charge in [0, 0.05) is 12.1 Å². The molecule has 1 aromatic rings. The minimum Gasteiger partial charge on any atom is -0.304 e. The lowest BCUT2D eigenvalue weighted by Gasteiger charge is -2.09. The number of hydrogen-bond acceptors (Lipinski definition) is 1. The summed E-state index contributed by atoms with van der Waals surface area (Å²) in [6, 6.07) is 5.82. The summed E-state index contributed by atoms with van der Waals surface area (Å²) in [5, 5.41) is 3.45. The van der Waals surface area contributed by atoms with Crippen LogP contribution in [-0.4, -0.2) is 6.04 Å². The average molecular weight is 175 g/mol. The number of aryl methyl sites for hydroxylation is 3. The standard InChI is InChI=1S/C12H17N/c1-7-5-8(2)11(9(3)6-7)12-10(4)13-12/h5-6,10,12-13H,1-4H3/t10-,12+/m0/s1. The van der Waals surface area contributed by atoms with Gasteiger partial charge in [0.15, 0.2) is 0 Å². The van der Waals surface area contributed by atoms with E-state index in [1.54, 1.807) is 0 Å². The SMILES string of the molecule is Cc1cc(C)c([C@@H]2N[C@H]2C)c(C)c1. The van der Waals surface area contributed by atoms with Gasteiger partial charge in [-0.15, -0.1) is 0 Å². The van der Waals surface area contributed by atoms with Crippen LogP contribution in [0.3, 0.4) is 0 Å². The predicted octanol–water partition coefficient (Wildman–Crippen LogP) is 2.64. The Balaban J connectivity index is 2.45. The van der Waals surface area contributed by atoms with E-state index in [1.807, 2.05) is 0 Å². The van der Waals surface area contributed by atoms with Gasteiger partial charge in [-0.1, -0.05) is 17.7 Å². The van der Waals surface area contributed by atoms with Crippen molar-refractivity contribution in [3.63, 3.8) is 0 Å². The van der Waals surface area contributed by atoms with Crippen LogP contribution < -0.4 is 5.32 Å². The highest BCUT2D eigenvalue weighted by Crippen LogP contribution is 2.34. The first kappa shape index (κ1) is 8.76. The molecule has 0 aromatic heterocycles. The van der Waals surface area contributed by atoms with Crippen molar-refractivity contribution in [1.82, 2.24) is 5.32 Å². The van der Waals surface area contributed by atoms with E-state index in [2.05, 4.69) is 45.1 Å². The van der Waals surface area contributed by atoms with Crippen LogP contribution in [0.2, 0.25) is 0 Å². The highest BCUT2D eigenvalue weighted by atomic mass is 15.1. The normalized spacial score (nSPS) is 26.2. The maximum Gasteiger partial charge on any atom is 0.0481 e. The van der Waals surface area contributed by atoms with Gasteiger partial charge in [0.25, 0.3) is 0 Å². The molecule has 0 amide bonds. The average Bonchev–Trinajstić information content (AvgIpc) is 2.64. The van der Waals surface area contributed by atoms with Crippen LogP contribution in [0.15, 0.2) is 12.1 Å². The molecule has 0 unspecified atom stereocenters. The second kappa shape index (κ2) is 2.85. The van der Waals surface area contributed by atoms with Gasteiger partial charge >= 0.3 is 0 Å². The van der Waals surface area contributed by atoms with E-state index < -0.39 is 0 Å². The topological polar surface area (TPSA) is 21.9 Å². The first-order valence-electron chi connectivity index (χ1n) is 4.93. The molecule has 1 fully saturated rings. The molecule has 1 aromatic carbocycles. The van der Waals surface area contributed by atoms with Crippen LogP contribution in [0.4, 0.5) is 0 Å². The smallest absolute Gasteiger partial charge is 0.0481 e.